The predicted molar refractivity (Wildman–Crippen MR) is 79.0 cm³/mol. The summed E-state index contributed by atoms with van der Waals surface area (Å²) in [7, 11) is 0. The van der Waals surface area contributed by atoms with Gasteiger partial charge in [0.25, 0.3) is 5.91 Å². The van der Waals surface area contributed by atoms with Crippen LogP contribution in [0.2, 0.25) is 5.02 Å². The van der Waals surface area contributed by atoms with Crippen molar-refractivity contribution in [2.45, 2.75) is 39.2 Å². The lowest BCUT2D eigenvalue weighted by molar-refractivity contribution is -0.141. The molecule has 0 aliphatic rings. The highest BCUT2D eigenvalue weighted by atomic mass is 35.5. The number of carboxylic acid groups (broad SMARTS) is 1. The molecule has 0 fully saturated rings. The monoisotopic (exact) mass is 315 g/mol. The van der Waals surface area contributed by atoms with Gasteiger partial charge in [0.2, 0.25) is 0 Å². The molecule has 21 heavy (non-hydrogen) atoms. The standard InChI is InChI=1S/C15H19ClFNO3/c1-9(15(20)21)5-3-6-10(2)18-14(19)11-7-4-8-12(17)13(11)16/h4,7-10H,3,5-6H2,1-2H3,(H,18,19)(H,20,21). The van der Waals surface area contributed by atoms with E-state index in [9.17, 15) is 14.0 Å². The van der Waals surface area contributed by atoms with E-state index in [1.165, 1.54) is 18.2 Å². The molecular weight excluding hydrogens is 297 g/mol. The summed E-state index contributed by atoms with van der Waals surface area (Å²) in [6.45, 7) is 3.47. The van der Waals surface area contributed by atoms with Crippen LogP contribution in [-0.2, 0) is 4.79 Å². The van der Waals surface area contributed by atoms with Crippen LogP contribution < -0.4 is 5.32 Å². The first-order chi connectivity index (χ1) is 9.82. The van der Waals surface area contributed by atoms with Crippen molar-refractivity contribution in [1.82, 2.24) is 5.32 Å². The number of nitrogens with one attached hydrogen (secondary N) is 1. The smallest absolute Gasteiger partial charge is 0.306 e. The molecule has 0 radical (unpaired) electrons. The van der Waals surface area contributed by atoms with Crippen molar-refractivity contribution < 1.29 is 19.1 Å². The van der Waals surface area contributed by atoms with Gasteiger partial charge < -0.3 is 10.4 Å². The second-order valence-corrected chi connectivity index (χ2v) is 5.52. The maximum absolute atomic E-state index is 13.3. The predicted octanol–water partition coefficient (Wildman–Crippen LogP) is 3.49. The van der Waals surface area contributed by atoms with Crippen LogP contribution in [0.4, 0.5) is 4.39 Å². The largest absolute Gasteiger partial charge is 0.481 e. The van der Waals surface area contributed by atoms with E-state index >= 15 is 0 Å². The molecule has 1 rings (SSSR count). The summed E-state index contributed by atoms with van der Waals surface area (Å²) in [5.41, 5.74) is 0.0995. The van der Waals surface area contributed by atoms with E-state index in [-0.39, 0.29) is 16.6 Å². The van der Waals surface area contributed by atoms with E-state index in [0.717, 1.165) is 0 Å². The van der Waals surface area contributed by atoms with Gasteiger partial charge in [-0.25, -0.2) is 4.39 Å². The minimum Gasteiger partial charge on any atom is -0.481 e. The lowest BCUT2D eigenvalue weighted by atomic mass is 10.0. The molecule has 4 nitrogen and oxygen atoms in total. The Hall–Kier alpha value is -1.62. The highest BCUT2D eigenvalue weighted by molar-refractivity contribution is 6.34. The van der Waals surface area contributed by atoms with Gasteiger partial charge in [0.15, 0.2) is 0 Å². The van der Waals surface area contributed by atoms with Gasteiger partial charge >= 0.3 is 5.97 Å². The molecule has 1 aromatic rings. The van der Waals surface area contributed by atoms with Gasteiger partial charge in [0.05, 0.1) is 16.5 Å². The summed E-state index contributed by atoms with van der Waals surface area (Å²) in [5, 5.41) is 11.3. The topological polar surface area (TPSA) is 66.4 Å². The minimum atomic E-state index is -0.821. The Kier molecular flexibility index (Phi) is 6.62. The SMILES string of the molecule is CC(CCCC(C)C(=O)O)NC(=O)c1cccc(F)c1Cl. The van der Waals surface area contributed by atoms with Crippen molar-refractivity contribution in [3.8, 4) is 0 Å². The summed E-state index contributed by atoms with van der Waals surface area (Å²) in [6.07, 6.45) is 1.89. The number of hydrogen-bond donors (Lipinski definition) is 2. The van der Waals surface area contributed by atoms with Crippen LogP contribution in [-0.4, -0.2) is 23.0 Å². The summed E-state index contributed by atoms with van der Waals surface area (Å²) >= 11 is 5.75. The summed E-state index contributed by atoms with van der Waals surface area (Å²) in [4.78, 5) is 22.7. The molecule has 0 bridgehead atoms. The van der Waals surface area contributed by atoms with E-state index in [1.54, 1.807) is 6.92 Å². The zero-order valence-electron chi connectivity index (χ0n) is 12.0. The number of hydrogen-bond acceptors (Lipinski definition) is 2. The molecule has 0 aliphatic carbocycles. The summed E-state index contributed by atoms with van der Waals surface area (Å²) in [6, 6.07) is 3.93. The van der Waals surface area contributed by atoms with Crippen LogP contribution in [0.5, 0.6) is 0 Å². The van der Waals surface area contributed by atoms with Crippen molar-refractivity contribution in [2.75, 3.05) is 0 Å². The van der Waals surface area contributed by atoms with Gasteiger partial charge in [0.1, 0.15) is 5.82 Å². The number of carboxylic acids is 1. The second-order valence-electron chi connectivity index (χ2n) is 5.15. The molecule has 0 spiro atoms. The van der Waals surface area contributed by atoms with E-state index in [4.69, 9.17) is 16.7 Å². The van der Waals surface area contributed by atoms with Gasteiger partial charge in [0, 0.05) is 6.04 Å². The van der Waals surface area contributed by atoms with E-state index < -0.39 is 23.6 Å². The van der Waals surface area contributed by atoms with Gasteiger partial charge in [-0.1, -0.05) is 31.0 Å². The van der Waals surface area contributed by atoms with E-state index in [1.807, 2.05) is 6.92 Å². The maximum atomic E-state index is 13.3. The molecule has 2 unspecified atom stereocenters. The second kappa shape index (κ2) is 7.98. The number of halogens is 2. The molecule has 1 amide bonds. The van der Waals surface area contributed by atoms with E-state index in [0.29, 0.717) is 19.3 Å². The Morgan fingerprint density at radius 1 is 1.33 bits per heavy atom. The minimum absolute atomic E-state index is 0.0995. The van der Waals surface area contributed by atoms with Crippen LogP contribution in [0, 0.1) is 11.7 Å². The summed E-state index contributed by atoms with van der Waals surface area (Å²) in [5.74, 6) is -2.28. The Labute approximate surface area is 128 Å². The first-order valence-corrected chi connectivity index (χ1v) is 7.18. The number of benzene rings is 1. The fraction of sp³-hybridized carbons (Fsp3) is 0.467. The average Bonchev–Trinajstić information content (AvgIpc) is 2.41. The zero-order chi connectivity index (χ0) is 16.0. The quantitative estimate of drug-likeness (QED) is 0.809. The Morgan fingerprint density at radius 2 is 2.00 bits per heavy atom. The Morgan fingerprint density at radius 3 is 2.62 bits per heavy atom. The number of amides is 1. The first kappa shape index (κ1) is 17.4. The molecule has 2 atom stereocenters. The molecular formula is C15H19ClFNO3. The van der Waals surface area contributed by atoms with Gasteiger partial charge in [-0.05, 0) is 31.9 Å². The molecule has 0 aromatic heterocycles. The first-order valence-electron chi connectivity index (χ1n) is 6.80. The van der Waals surface area contributed by atoms with E-state index in [2.05, 4.69) is 5.32 Å². The maximum Gasteiger partial charge on any atom is 0.306 e. The van der Waals surface area contributed by atoms with Crippen LogP contribution in [0.1, 0.15) is 43.5 Å². The van der Waals surface area contributed by atoms with Crippen molar-refractivity contribution in [3.05, 3.63) is 34.6 Å². The highest BCUT2D eigenvalue weighted by Crippen LogP contribution is 2.19. The van der Waals surface area contributed by atoms with Crippen LogP contribution >= 0.6 is 11.6 Å². The molecule has 116 valence electrons. The van der Waals surface area contributed by atoms with Crippen LogP contribution in [0.25, 0.3) is 0 Å². The fourth-order valence-electron chi connectivity index (χ4n) is 1.91. The Bertz CT molecular complexity index is 522. The third kappa shape index (κ3) is 5.34. The highest BCUT2D eigenvalue weighted by Gasteiger charge is 2.16. The average molecular weight is 316 g/mol. The molecule has 1 aromatic carbocycles. The molecule has 0 saturated carbocycles. The molecule has 0 heterocycles. The fourth-order valence-corrected chi connectivity index (χ4v) is 2.12. The number of carbonyl (C=O) groups is 2. The lowest BCUT2D eigenvalue weighted by Crippen LogP contribution is -2.32. The van der Waals surface area contributed by atoms with Gasteiger partial charge in [-0.3, -0.25) is 9.59 Å². The number of carbonyl (C=O) groups excluding carboxylic acids is 1. The van der Waals surface area contributed by atoms with Crippen LogP contribution in [0.3, 0.4) is 0 Å². The number of rotatable bonds is 7. The zero-order valence-corrected chi connectivity index (χ0v) is 12.8. The molecule has 0 saturated heterocycles. The van der Waals surface area contributed by atoms with Crippen molar-refractivity contribution in [2.24, 2.45) is 5.92 Å². The van der Waals surface area contributed by atoms with Gasteiger partial charge in [-0.15, -0.1) is 0 Å². The summed E-state index contributed by atoms with van der Waals surface area (Å²) < 4.78 is 13.3. The lowest BCUT2D eigenvalue weighted by Gasteiger charge is -2.15. The van der Waals surface area contributed by atoms with Crippen LogP contribution in [0.15, 0.2) is 18.2 Å². The third-order valence-electron chi connectivity index (χ3n) is 3.27. The van der Waals surface area contributed by atoms with Crippen molar-refractivity contribution in [3.63, 3.8) is 0 Å². The molecule has 2 N–H and O–H groups in total. The normalized spacial score (nSPS) is 13.5. The molecule has 6 heteroatoms. The molecule has 0 aliphatic heterocycles. The van der Waals surface area contributed by atoms with Gasteiger partial charge in [-0.2, -0.15) is 0 Å². The Balaban J connectivity index is 2.47. The van der Waals surface area contributed by atoms with Crippen molar-refractivity contribution in [1.29, 1.82) is 0 Å². The van der Waals surface area contributed by atoms with Crippen molar-refractivity contribution >= 4 is 23.5 Å². The number of aliphatic carboxylic acids is 1. The third-order valence-corrected chi connectivity index (χ3v) is 3.65.